The average Bonchev–Trinajstić information content (AvgIpc) is 3.69. The maximum Gasteiger partial charge on any atom is 0.425 e. The van der Waals surface area contributed by atoms with Crippen molar-refractivity contribution in [1.82, 2.24) is 30.4 Å². The maximum atomic E-state index is 15.9. The largest absolute Gasteiger partial charge is 0.425 e. The predicted molar refractivity (Wildman–Crippen MR) is 158 cm³/mol. The fraction of sp³-hybridized carbons (Fsp3) is 0.241. The van der Waals surface area contributed by atoms with Gasteiger partial charge in [0.05, 0.1) is 16.4 Å². The third-order valence-electron chi connectivity index (χ3n) is 7.04. The first-order valence-electron chi connectivity index (χ1n) is 13.6. The molecule has 16 heteroatoms. The molecule has 0 aliphatic carbocycles. The van der Waals surface area contributed by atoms with Crippen molar-refractivity contribution in [2.45, 2.75) is 44.3 Å². The lowest BCUT2D eigenvalue weighted by molar-refractivity contribution is -0.0646. The van der Waals surface area contributed by atoms with Crippen molar-refractivity contribution in [3.8, 4) is 28.2 Å². The zero-order valence-corrected chi connectivity index (χ0v) is 25.1. The van der Waals surface area contributed by atoms with Gasteiger partial charge < -0.3 is 0 Å². The summed E-state index contributed by atoms with van der Waals surface area (Å²) in [7, 11) is -6.56. The third-order valence-corrected chi connectivity index (χ3v) is 8.82. The Hall–Kier alpha value is -4.37. The van der Waals surface area contributed by atoms with E-state index in [1.54, 1.807) is 30.3 Å². The number of rotatable bonds is 12. The molecule has 1 N–H and O–H groups in total. The number of aryl methyl sites for hydroxylation is 1. The second kappa shape index (κ2) is 12.9. The molecule has 0 spiro atoms. The Morgan fingerprint density at radius 2 is 1.67 bits per heavy atom. The first-order valence-corrected chi connectivity index (χ1v) is 15.4. The Bertz CT molecular complexity index is 1890. The van der Waals surface area contributed by atoms with Gasteiger partial charge in [-0.2, -0.15) is 22.3 Å². The summed E-state index contributed by atoms with van der Waals surface area (Å²) in [5.41, 5.74) is 2.87. The van der Waals surface area contributed by atoms with Gasteiger partial charge in [-0.15, -0.1) is 5.10 Å². The number of nitrogens with one attached hydrogen (secondary N) is 1. The predicted octanol–water partition coefficient (Wildman–Crippen LogP) is 7.18. The van der Waals surface area contributed by atoms with Crippen LogP contribution in [-0.2, 0) is 22.9 Å². The van der Waals surface area contributed by atoms with Gasteiger partial charge in [-0.3, -0.25) is 0 Å². The van der Waals surface area contributed by atoms with Crippen LogP contribution in [0.25, 0.3) is 28.2 Å². The topological polar surface area (TPSA) is 110 Å². The lowest BCUT2D eigenvalue weighted by Gasteiger charge is -2.22. The molecule has 2 aromatic heterocycles. The summed E-state index contributed by atoms with van der Waals surface area (Å²) in [6.45, 7) is 1.88. The molecule has 0 amide bonds. The van der Waals surface area contributed by atoms with Gasteiger partial charge in [-0.05, 0) is 52.1 Å². The molecule has 0 unspecified atom stereocenters. The highest BCUT2D eigenvalue weighted by Crippen LogP contribution is 2.40. The Labute approximate surface area is 259 Å². The Balaban J connectivity index is 1.63. The van der Waals surface area contributed by atoms with Crippen LogP contribution in [-0.4, -0.2) is 50.5 Å². The van der Waals surface area contributed by atoms with Crippen LogP contribution < -0.4 is 4.53 Å². The summed E-state index contributed by atoms with van der Waals surface area (Å²) in [4.78, 5) is 0. The molecule has 9 nitrogen and oxygen atoms in total. The summed E-state index contributed by atoms with van der Waals surface area (Å²) in [5, 5.41) is 12.5. The highest BCUT2D eigenvalue weighted by atomic mass is 35.5. The van der Waals surface area contributed by atoms with E-state index in [1.165, 1.54) is 18.2 Å². The number of H-pyrrole nitrogens is 1. The van der Waals surface area contributed by atoms with Gasteiger partial charge in [0.15, 0.2) is 11.6 Å². The first kappa shape index (κ1) is 32.0. The van der Waals surface area contributed by atoms with E-state index in [4.69, 9.17) is 11.6 Å². The molecule has 5 aromatic rings. The summed E-state index contributed by atoms with van der Waals surface area (Å²) < 4.78 is 95.7. The average molecular weight is 666 g/mol. The molecular formula is C29H25ClF5N7O2S. The minimum atomic E-state index is -6.56. The van der Waals surface area contributed by atoms with Crippen molar-refractivity contribution in [3.63, 3.8) is 0 Å². The van der Waals surface area contributed by atoms with Crippen LogP contribution in [0.3, 0.4) is 0 Å². The fourth-order valence-corrected chi connectivity index (χ4v) is 5.81. The minimum absolute atomic E-state index is 0.00812. The molecule has 0 radical (unpaired) electrons. The van der Waals surface area contributed by atoms with E-state index in [2.05, 4.69) is 25.7 Å². The van der Waals surface area contributed by atoms with Gasteiger partial charge in [0.1, 0.15) is 0 Å². The van der Waals surface area contributed by atoms with Crippen LogP contribution in [0.15, 0.2) is 72.8 Å². The SMILES string of the molecule is CCCCc1nn(-c2ccccc2Cl)c(N(F)S(=O)(=O)C(F)(F)C(F)F)c1Cc1ccc(-c2ccccc2-c2nnn[nH]2)cc1. The van der Waals surface area contributed by atoms with Crippen LogP contribution in [0.2, 0.25) is 5.02 Å². The van der Waals surface area contributed by atoms with Crippen molar-refractivity contribution < 1.29 is 30.5 Å². The van der Waals surface area contributed by atoms with E-state index >= 15 is 4.48 Å². The van der Waals surface area contributed by atoms with Gasteiger partial charge in [0.25, 0.3) is 0 Å². The minimum Gasteiger partial charge on any atom is -0.239 e. The number of unbranched alkanes of at least 4 members (excludes halogenated alkanes) is 1. The van der Waals surface area contributed by atoms with E-state index in [0.717, 1.165) is 21.4 Å². The number of anilines is 1. The number of alkyl halides is 4. The molecule has 45 heavy (non-hydrogen) atoms. The highest BCUT2D eigenvalue weighted by Gasteiger charge is 2.59. The number of para-hydroxylation sites is 1. The van der Waals surface area contributed by atoms with Gasteiger partial charge in [-0.25, -0.2) is 18.6 Å². The highest BCUT2D eigenvalue weighted by molar-refractivity contribution is 7.93. The van der Waals surface area contributed by atoms with Crippen LogP contribution in [0.5, 0.6) is 0 Å². The molecular weight excluding hydrogens is 641 g/mol. The van der Waals surface area contributed by atoms with E-state index in [0.29, 0.717) is 24.2 Å². The molecule has 0 aliphatic heterocycles. The number of halogens is 6. The molecule has 5 rings (SSSR count). The van der Waals surface area contributed by atoms with E-state index in [1.807, 2.05) is 31.2 Å². The molecule has 0 aliphatic rings. The molecule has 0 atom stereocenters. The van der Waals surface area contributed by atoms with Crippen molar-refractivity contribution in [2.75, 3.05) is 4.53 Å². The molecule has 0 fully saturated rings. The number of benzene rings is 3. The Morgan fingerprint density at radius 3 is 2.29 bits per heavy atom. The Morgan fingerprint density at radius 1 is 1.00 bits per heavy atom. The van der Waals surface area contributed by atoms with E-state index in [-0.39, 0.29) is 34.8 Å². The van der Waals surface area contributed by atoms with Gasteiger partial charge in [-0.1, -0.05) is 94.6 Å². The zero-order chi connectivity index (χ0) is 32.4. The molecule has 0 bridgehead atoms. The second-order valence-electron chi connectivity index (χ2n) is 9.97. The summed E-state index contributed by atoms with van der Waals surface area (Å²) in [6.07, 6.45) is -3.45. The number of hydrogen-bond donors (Lipinski definition) is 1. The molecule has 2 heterocycles. The fourth-order valence-electron chi connectivity index (χ4n) is 4.74. The number of tetrazole rings is 1. The maximum absolute atomic E-state index is 15.9. The lowest BCUT2D eigenvalue weighted by atomic mass is 9.96. The van der Waals surface area contributed by atoms with E-state index in [9.17, 15) is 26.0 Å². The molecule has 236 valence electrons. The van der Waals surface area contributed by atoms with Crippen LogP contribution >= 0.6 is 11.6 Å². The molecule has 3 aromatic carbocycles. The number of aromatic amines is 1. The smallest absolute Gasteiger partial charge is 0.239 e. The van der Waals surface area contributed by atoms with Gasteiger partial charge in [0.2, 0.25) is 0 Å². The second-order valence-corrected chi connectivity index (χ2v) is 12.2. The van der Waals surface area contributed by atoms with Crippen molar-refractivity contribution in [2.24, 2.45) is 0 Å². The van der Waals surface area contributed by atoms with Crippen molar-refractivity contribution in [3.05, 3.63) is 94.6 Å². The monoisotopic (exact) mass is 665 g/mol. The standard InChI is InChI=1S/C29H25ClF5N7O2S/c1-2-3-11-24-22(17-18-13-15-19(16-14-18)20-8-4-5-9-21(20)26-36-39-40-37-26)27(41(38-24)25-12-7-6-10-23(25)30)42(35)45(43,44)29(33,34)28(31)32/h4-10,12-16,28H,2-3,11,17H2,1H3,(H,36,37,39,40). The number of hydrogen-bond acceptors (Lipinski definition) is 6. The first-order chi connectivity index (χ1) is 21.5. The summed E-state index contributed by atoms with van der Waals surface area (Å²) in [6, 6.07) is 20.0. The summed E-state index contributed by atoms with van der Waals surface area (Å²) in [5.74, 6) is -0.529. The van der Waals surface area contributed by atoms with Gasteiger partial charge in [0, 0.05) is 17.5 Å². The van der Waals surface area contributed by atoms with Crippen molar-refractivity contribution >= 4 is 27.4 Å². The van der Waals surface area contributed by atoms with E-state index < -0.39 is 32.0 Å². The third kappa shape index (κ3) is 6.14. The van der Waals surface area contributed by atoms with Gasteiger partial charge >= 0.3 is 21.7 Å². The van der Waals surface area contributed by atoms with Crippen molar-refractivity contribution in [1.29, 1.82) is 0 Å². The Kier molecular flexibility index (Phi) is 9.20. The molecule has 0 saturated carbocycles. The molecule has 0 saturated heterocycles. The number of sulfonamides is 1. The van der Waals surface area contributed by atoms with Crippen LogP contribution in [0, 0.1) is 0 Å². The zero-order valence-electron chi connectivity index (χ0n) is 23.5. The lowest BCUT2D eigenvalue weighted by Crippen LogP contribution is -2.45. The summed E-state index contributed by atoms with van der Waals surface area (Å²) >= 11 is 6.31. The number of aromatic nitrogens is 6. The number of nitrogens with zero attached hydrogens (tertiary/aromatic N) is 6. The normalized spacial score (nSPS) is 12.2. The van der Waals surface area contributed by atoms with Crippen LogP contribution in [0.4, 0.5) is 27.9 Å². The quantitative estimate of drug-likeness (QED) is 0.112. The van der Waals surface area contributed by atoms with Crippen LogP contribution in [0.1, 0.15) is 36.6 Å².